The van der Waals surface area contributed by atoms with Gasteiger partial charge in [-0.05, 0) is 365 Å². The zero-order valence-corrected chi connectivity index (χ0v) is 77.8. The van der Waals surface area contributed by atoms with E-state index >= 15 is 0 Å². The molecule has 0 heterocycles. The standard InChI is InChI=1S/C70H56N2.C62H46N2/c1-41-25-29-51(37-45(41)5)71(52-30-26-42(2)46(6)38-52)61-35-33-59-65-55(61)21-15-23-57(65)67-63(49-17-11-9-12-18-49)70-60-34-36-62(72(53-31-27-43(3)47(7)39-53)54-32-28-44(4)48(8)40-54)56-22-16-24-58(66(56)60)68(70)64(69(59)67)50-19-13-10-14-20-50;1-5-13-49(14-6-1)53-27-39-59(40-28-53)63(60-41-29-54(30-42-60)50-15-7-2-8-16-50)57-35-23-47(24-36-57)21-22-48-25-37-58(38-26-48)64(61-43-31-55(32-44-61)51-17-9-3-10-18-51)62-45-33-56(34-46-62)52-19-11-4-12-20-52/h9-40H,1-8H3;1-46H/b;22-21+. The van der Waals surface area contributed by atoms with Crippen molar-refractivity contribution in [2.24, 2.45) is 0 Å². The summed E-state index contributed by atoms with van der Waals surface area (Å²) in [5, 5.41) is 15.4. The number of nitrogens with zero attached hydrogens (tertiary/aromatic N) is 4. The largest absolute Gasteiger partial charge is 0.311 e. The second-order valence-electron chi connectivity index (χ2n) is 36.3. The summed E-state index contributed by atoms with van der Waals surface area (Å²) in [6.07, 6.45) is 4.38. The van der Waals surface area contributed by atoms with Crippen LogP contribution in [0.3, 0.4) is 0 Å². The topological polar surface area (TPSA) is 13.0 Å². The van der Waals surface area contributed by atoms with Gasteiger partial charge in [0.2, 0.25) is 0 Å². The summed E-state index contributed by atoms with van der Waals surface area (Å²) < 4.78 is 0. The van der Waals surface area contributed by atoms with Gasteiger partial charge in [-0.1, -0.05) is 340 Å². The number of benzene rings is 21. The van der Waals surface area contributed by atoms with Crippen LogP contribution in [-0.2, 0) is 0 Å². The molecule has 0 saturated heterocycles. The van der Waals surface area contributed by atoms with E-state index in [1.54, 1.807) is 0 Å². The molecular weight excluding hydrogens is 1640 g/mol. The van der Waals surface area contributed by atoms with Crippen molar-refractivity contribution in [2.75, 3.05) is 19.6 Å². The molecule has 0 amide bonds. The van der Waals surface area contributed by atoms with Crippen LogP contribution < -0.4 is 19.6 Å². The molecule has 23 aromatic rings. The van der Waals surface area contributed by atoms with E-state index in [1.165, 1.54) is 187 Å². The molecule has 0 saturated carbocycles. The van der Waals surface area contributed by atoms with Crippen LogP contribution in [0, 0.1) is 55.4 Å². The molecule has 0 spiro atoms. The van der Waals surface area contributed by atoms with Crippen LogP contribution in [0.15, 0.2) is 461 Å². The van der Waals surface area contributed by atoms with Gasteiger partial charge in [-0.3, -0.25) is 0 Å². The van der Waals surface area contributed by atoms with Gasteiger partial charge in [-0.2, -0.15) is 0 Å². The molecule has 0 bridgehead atoms. The Morgan fingerprint density at radius 1 is 0.140 bits per heavy atom. The maximum absolute atomic E-state index is 2.48. The molecule has 4 heteroatoms. The molecular formula is C132H102N4. The lowest BCUT2D eigenvalue weighted by Gasteiger charge is -2.28. The van der Waals surface area contributed by atoms with E-state index in [0.29, 0.717) is 0 Å². The van der Waals surface area contributed by atoms with Crippen molar-refractivity contribution in [1.29, 1.82) is 0 Å². The Hall–Kier alpha value is -16.9. The molecule has 0 atom stereocenters. The van der Waals surface area contributed by atoms with E-state index < -0.39 is 0 Å². The summed E-state index contributed by atoms with van der Waals surface area (Å²) in [4.78, 5) is 9.61. The Morgan fingerprint density at radius 3 is 0.588 bits per heavy atom. The van der Waals surface area contributed by atoms with Gasteiger partial charge in [0.15, 0.2) is 0 Å². The van der Waals surface area contributed by atoms with Crippen molar-refractivity contribution in [2.45, 2.75) is 55.4 Å². The molecule has 136 heavy (non-hydrogen) atoms. The molecule has 0 radical (unpaired) electrons. The Morgan fingerprint density at radius 2 is 0.346 bits per heavy atom. The number of aryl methyl sites for hydroxylation is 8. The highest BCUT2D eigenvalue weighted by Gasteiger charge is 2.31. The van der Waals surface area contributed by atoms with E-state index in [-0.39, 0.29) is 0 Å². The normalized spacial score (nSPS) is 11.5. The molecule has 0 unspecified atom stereocenters. The monoisotopic (exact) mass is 1740 g/mol. The van der Waals surface area contributed by atoms with Crippen molar-refractivity contribution in [3.8, 4) is 66.8 Å². The van der Waals surface area contributed by atoms with Crippen molar-refractivity contribution < 1.29 is 0 Å². The molecule has 23 aromatic carbocycles. The van der Waals surface area contributed by atoms with Gasteiger partial charge in [0.25, 0.3) is 0 Å². The third-order valence-electron chi connectivity index (χ3n) is 27.9. The van der Waals surface area contributed by atoms with Gasteiger partial charge in [0.05, 0.1) is 11.4 Å². The highest BCUT2D eigenvalue weighted by atomic mass is 15.2. The highest BCUT2D eigenvalue weighted by molar-refractivity contribution is 6.47. The van der Waals surface area contributed by atoms with Gasteiger partial charge >= 0.3 is 0 Å². The predicted molar refractivity (Wildman–Crippen MR) is 585 cm³/mol. The molecule has 0 aliphatic rings. The number of hydrogen-bond acceptors (Lipinski definition) is 4. The van der Waals surface area contributed by atoms with E-state index in [9.17, 15) is 0 Å². The Labute approximate surface area is 797 Å². The third kappa shape index (κ3) is 16.0. The quantitative estimate of drug-likeness (QED) is 0.0705. The molecule has 0 aromatic heterocycles. The number of hydrogen-bond donors (Lipinski definition) is 0. The Kier molecular flexibility index (Phi) is 22.6. The lowest BCUT2D eigenvalue weighted by molar-refractivity contribution is 1.24. The first-order valence-corrected chi connectivity index (χ1v) is 47.2. The van der Waals surface area contributed by atoms with E-state index in [4.69, 9.17) is 0 Å². The Bertz CT molecular complexity index is 7510. The fourth-order valence-corrected chi connectivity index (χ4v) is 20.2. The first kappa shape index (κ1) is 84.6. The minimum atomic E-state index is 1.09. The molecule has 0 fully saturated rings. The number of fused-ring (bicyclic) bond motifs is 6. The summed E-state index contributed by atoms with van der Waals surface area (Å²) in [6, 6.07) is 169. The van der Waals surface area contributed by atoms with Gasteiger partial charge < -0.3 is 19.6 Å². The van der Waals surface area contributed by atoms with Crippen LogP contribution >= 0.6 is 0 Å². The number of rotatable bonds is 20. The van der Waals surface area contributed by atoms with Crippen molar-refractivity contribution in [1.82, 2.24) is 0 Å². The second-order valence-corrected chi connectivity index (χ2v) is 36.3. The van der Waals surface area contributed by atoms with Gasteiger partial charge in [0, 0.05) is 67.6 Å². The van der Waals surface area contributed by atoms with Crippen LogP contribution in [-0.4, -0.2) is 0 Å². The van der Waals surface area contributed by atoms with Crippen molar-refractivity contribution in [3.05, 3.63) is 517 Å². The molecule has 23 rings (SSSR count). The van der Waals surface area contributed by atoms with Crippen LogP contribution in [0.4, 0.5) is 68.2 Å². The zero-order valence-electron chi connectivity index (χ0n) is 77.8. The maximum Gasteiger partial charge on any atom is 0.0540 e. The first-order valence-electron chi connectivity index (χ1n) is 47.2. The maximum atomic E-state index is 2.48. The van der Waals surface area contributed by atoms with E-state index in [0.717, 1.165) is 68.0 Å². The van der Waals surface area contributed by atoms with Crippen LogP contribution in [0.1, 0.15) is 55.6 Å². The molecule has 0 aliphatic carbocycles. The average Bonchev–Trinajstić information content (AvgIpc) is 1.51. The van der Waals surface area contributed by atoms with Crippen LogP contribution in [0.2, 0.25) is 0 Å². The summed E-state index contributed by atoms with van der Waals surface area (Å²) in [7, 11) is 0. The number of anilines is 12. The van der Waals surface area contributed by atoms with Gasteiger partial charge in [-0.15, -0.1) is 0 Å². The van der Waals surface area contributed by atoms with Gasteiger partial charge in [0.1, 0.15) is 0 Å². The fourth-order valence-electron chi connectivity index (χ4n) is 20.2. The summed E-state index contributed by atoms with van der Waals surface area (Å²) in [6.45, 7) is 17.7. The van der Waals surface area contributed by atoms with Gasteiger partial charge in [-0.25, -0.2) is 0 Å². The minimum Gasteiger partial charge on any atom is -0.311 e. The summed E-state index contributed by atoms with van der Waals surface area (Å²) >= 11 is 0. The zero-order chi connectivity index (χ0) is 92.0. The fraction of sp³-hybridized carbons (Fsp3) is 0.0606. The summed E-state index contributed by atoms with van der Waals surface area (Å²) in [5.41, 5.74) is 40.7. The van der Waals surface area contributed by atoms with E-state index in [1.807, 2.05) is 0 Å². The highest BCUT2D eigenvalue weighted by Crippen LogP contribution is 2.59. The molecule has 650 valence electrons. The lowest BCUT2D eigenvalue weighted by atomic mass is 9.87. The van der Waals surface area contributed by atoms with Crippen LogP contribution in [0.5, 0.6) is 0 Å². The summed E-state index contributed by atoms with van der Waals surface area (Å²) in [5.74, 6) is 0. The second kappa shape index (κ2) is 36.3. The van der Waals surface area contributed by atoms with Crippen molar-refractivity contribution >= 4 is 145 Å². The molecule has 0 N–H and O–H groups in total. The lowest BCUT2D eigenvalue weighted by Crippen LogP contribution is -2.11. The first-order chi connectivity index (χ1) is 66.8. The van der Waals surface area contributed by atoms with Crippen LogP contribution in [0.25, 0.3) is 144 Å². The Balaban J connectivity index is 0.000000159. The third-order valence-corrected chi connectivity index (χ3v) is 27.9. The molecule has 4 nitrogen and oxygen atoms in total. The molecule has 0 aliphatic heterocycles. The predicted octanol–water partition coefficient (Wildman–Crippen LogP) is 37.7. The van der Waals surface area contributed by atoms with Crippen molar-refractivity contribution in [3.63, 3.8) is 0 Å². The SMILES string of the molecule is C(=C\c1ccc(N(c2ccc(-c3ccccc3)cc2)c2ccc(-c3ccccc3)cc2)cc1)/c1ccc(N(c2ccc(-c3ccccc3)cc2)c2ccc(-c3ccccc3)cc2)cc1.Cc1ccc(N(c2ccc(C)c(C)c2)c2ccc3c4c(-c5ccccc5)c5c6cccc7c(N(c8ccc(C)c(C)c8)c8ccc(C)c(C)c8)ccc(c5c(-c5ccccc5)c4c4cccc2c43)c76)cc1C. The van der Waals surface area contributed by atoms with E-state index in [2.05, 4.69) is 548 Å². The average molecular weight is 1740 g/mol. The smallest absolute Gasteiger partial charge is 0.0540 e. The minimum absolute atomic E-state index is 1.09.